The van der Waals surface area contributed by atoms with Gasteiger partial charge in [-0.3, -0.25) is 9.59 Å². The third kappa shape index (κ3) is 2.99. The largest absolute Gasteiger partial charge is 0.370 e. The van der Waals surface area contributed by atoms with Crippen LogP contribution < -0.4 is 16.4 Å². The summed E-state index contributed by atoms with van der Waals surface area (Å²) in [6.07, 6.45) is 0.166. The normalized spacial score (nSPS) is 17.3. The molecule has 0 aromatic carbocycles. The minimum atomic E-state index is -0.543. The fraction of sp³-hybridized carbons (Fsp3) is 0.778. The lowest BCUT2D eigenvalue weighted by molar-refractivity contribution is -0.128. The van der Waals surface area contributed by atoms with E-state index in [2.05, 4.69) is 10.6 Å². The van der Waals surface area contributed by atoms with E-state index >= 15 is 0 Å². The summed E-state index contributed by atoms with van der Waals surface area (Å²) >= 11 is 0. The first kappa shape index (κ1) is 11.0. The van der Waals surface area contributed by atoms with Gasteiger partial charge in [-0.15, -0.1) is 0 Å². The number of carbonyl (C=O) groups is 2. The molecule has 1 aliphatic rings. The van der Waals surface area contributed by atoms with Gasteiger partial charge in [0.15, 0.2) is 0 Å². The highest BCUT2D eigenvalue weighted by Gasteiger charge is 2.30. The van der Waals surface area contributed by atoms with E-state index in [0.29, 0.717) is 0 Å². The van der Waals surface area contributed by atoms with Crippen molar-refractivity contribution in [1.29, 1.82) is 0 Å². The smallest absolute Gasteiger partial charge is 0.226 e. The molecule has 0 saturated carbocycles. The molecular formula is C9H17N3O2. The van der Waals surface area contributed by atoms with E-state index in [-0.39, 0.29) is 18.2 Å². The zero-order chi connectivity index (χ0) is 10.8. The number of rotatable bonds is 4. The first-order chi connectivity index (χ1) is 6.41. The summed E-state index contributed by atoms with van der Waals surface area (Å²) in [5.41, 5.74) is 4.53. The number of primary amides is 1. The summed E-state index contributed by atoms with van der Waals surface area (Å²) in [4.78, 5) is 22.2. The summed E-state index contributed by atoms with van der Waals surface area (Å²) in [5.74, 6) is -0.362. The van der Waals surface area contributed by atoms with Gasteiger partial charge < -0.3 is 16.4 Å². The van der Waals surface area contributed by atoms with E-state index in [1.807, 2.05) is 0 Å². The third-order valence-corrected chi connectivity index (χ3v) is 2.23. The molecule has 0 unspecified atom stereocenters. The van der Waals surface area contributed by atoms with E-state index in [4.69, 9.17) is 5.73 Å². The molecular weight excluding hydrogens is 182 g/mol. The van der Waals surface area contributed by atoms with E-state index < -0.39 is 11.4 Å². The molecule has 2 amide bonds. The molecule has 1 fully saturated rings. The van der Waals surface area contributed by atoms with Crippen LogP contribution in [-0.2, 0) is 9.59 Å². The van der Waals surface area contributed by atoms with Gasteiger partial charge in [-0.1, -0.05) is 0 Å². The van der Waals surface area contributed by atoms with E-state index in [1.54, 1.807) is 13.8 Å². The number of hydrogen-bond donors (Lipinski definition) is 3. The Morgan fingerprint density at radius 2 is 2.07 bits per heavy atom. The van der Waals surface area contributed by atoms with Gasteiger partial charge in [-0.2, -0.15) is 0 Å². The zero-order valence-corrected chi connectivity index (χ0v) is 8.59. The van der Waals surface area contributed by atoms with Crippen LogP contribution in [0.3, 0.4) is 0 Å². The molecule has 0 aromatic heterocycles. The fourth-order valence-corrected chi connectivity index (χ4v) is 1.39. The number of carbonyl (C=O) groups excluding carboxylic acids is 2. The molecule has 1 aliphatic heterocycles. The number of amides is 2. The summed E-state index contributed by atoms with van der Waals surface area (Å²) in [5, 5.41) is 5.83. The van der Waals surface area contributed by atoms with Gasteiger partial charge in [0.05, 0.1) is 5.92 Å². The monoisotopic (exact) mass is 199 g/mol. The predicted molar refractivity (Wildman–Crippen MR) is 52.4 cm³/mol. The van der Waals surface area contributed by atoms with Crippen molar-refractivity contribution in [1.82, 2.24) is 10.6 Å². The Morgan fingerprint density at radius 1 is 1.50 bits per heavy atom. The summed E-state index contributed by atoms with van der Waals surface area (Å²) in [6, 6.07) is 0. The molecule has 0 atom stereocenters. The Labute approximate surface area is 83.4 Å². The van der Waals surface area contributed by atoms with Crippen LogP contribution in [0, 0.1) is 5.92 Å². The van der Waals surface area contributed by atoms with Crippen LogP contribution >= 0.6 is 0 Å². The highest BCUT2D eigenvalue weighted by atomic mass is 16.2. The second-order valence-corrected chi connectivity index (χ2v) is 4.37. The van der Waals surface area contributed by atoms with Crippen molar-refractivity contribution in [2.24, 2.45) is 11.7 Å². The van der Waals surface area contributed by atoms with Gasteiger partial charge in [0.1, 0.15) is 0 Å². The Balaban J connectivity index is 2.40. The molecule has 5 heteroatoms. The van der Waals surface area contributed by atoms with Gasteiger partial charge in [0.2, 0.25) is 11.8 Å². The molecule has 14 heavy (non-hydrogen) atoms. The maximum Gasteiger partial charge on any atom is 0.226 e. The van der Waals surface area contributed by atoms with Crippen LogP contribution in [0.4, 0.5) is 0 Å². The van der Waals surface area contributed by atoms with E-state index in [9.17, 15) is 9.59 Å². The molecule has 0 bridgehead atoms. The molecule has 4 N–H and O–H groups in total. The van der Waals surface area contributed by atoms with Crippen molar-refractivity contribution in [3.63, 3.8) is 0 Å². The van der Waals surface area contributed by atoms with Gasteiger partial charge in [-0.05, 0) is 13.8 Å². The highest BCUT2D eigenvalue weighted by Crippen LogP contribution is 2.10. The molecule has 0 aromatic rings. The summed E-state index contributed by atoms with van der Waals surface area (Å²) < 4.78 is 0. The Hall–Kier alpha value is -1.10. The Bertz CT molecular complexity index is 246. The average molecular weight is 199 g/mol. The lowest BCUT2D eigenvalue weighted by atomic mass is 9.96. The Kier molecular flexibility index (Phi) is 3.10. The molecule has 0 radical (unpaired) electrons. The van der Waals surface area contributed by atoms with E-state index in [1.165, 1.54) is 0 Å². The van der Waals surface area contributed by atoms with Crippen molar-refractivity contribution in [2.45, 2.75) is 25.8 Å². The minimum absolute atomic E-state index is 0.00463. The summed E-state index contributed by atoms with van der Waals surface area (Å²) in [7, 11) is 0. The molecule has 5 nitrogen and oxygen atoms in total. The molecule has 1 saturated heterocycles. The number of nitrogens with two attached hydrogens (primary N) is 1. The van der Waals surface area contributed by atoms with Crippen molar-refractivity contribution < 1.29 is 9.59 Å². The van der Waals surface area contributed by atoms with Crippen molar-refractivity contribution >= 4 is 11.8 Å². The molecule has 0 spiro atoms. The lowest BCUT2D eigenvalue weighted by Crippen LogP contribution is -2.56. The van der Waals surface area contributed by atoms with Crippen LogP contribution in [0.25, 0.3) is 0 Å². The number of nitrogens with one attached hydrogen (secondary N) is 2. The van der Waals surface area contributed by atoms with Crippen LogP contribution in [-0.4, -0.2) is 30.4 Å². The van der Waals surface area contributed by atoms with Crippen LogP contribution in [0.15, 0.2) is 0 Å². The molecule has 0 aliphatic carbocycles. The molecule has 80 valence electrons. The van der Waals surface area contributed by atoms with Gasteiger partial charge in [0, 0.05) is 25.0 Å². The number of hydrogen-bond acceptors (Lipinski definition) is 3. The maximum atomic E-state index is 11.5. The third-order valence-electron chi connectivity index (χ3n) is 2.23. The van der Waals surface area contributed by atoms with Gasteiger partial charge in [-0.25, -0.2) is 0 Å². The topological polar surface area (TPSA) is 84.2 Å². The quantitative estimate of drug-likeness (QED) is 0.541. The second kappa shape index (κ2) is 3.96. The van der Waals surface area contributed by atoms with Crippen molar-refractivity contribution in [3.8, 4) is 0 Å². The van der Waals surface area contributed by atoms with Gasteiger partial charge >= 0.3 is 0 Å². The van der Waals surface area contributed by atoms with Crippen LogP contribution in [0.1, 0.15) is 20.3 Å². The highest BCUT2D eigenvalue weighted by molar-refractivity contribution is 5.82. The first-order valence-corrected chi connectivity index (χ1v) is 4.72. The second-order valence-electron chi connectivity index (χ2n) is 4.37. The maximum absolute atomic E-state index is 11.5. The molecule has 1 heterocycles. The predicted octanol–water partition coefficient (Wildman–Crippen LogP) is -1.02. The van der Waals surface area contributed by atoms with E-state index in [0.717, 1.165) is 13.1 Å². The van der Waals surface area contributed by atoms with Crippen molar-refractivity contribution in [2.75, 3.05) is 13.1 Å². The first-order valence-electron chi connectivity index (χ1n) is 4.72. The standard InChI is InChI=1S/C9H17N3O2/c1-9(2,3-7(10)13)12-8(14)6-4-11-5-6/h6,11H,3-5H2,1-2H3,(H2,10,13)(H,12,14). The van der Waals surface area contributed by atoms with Gasteiger partial charge in [0.25, 0.3) is 0 Å². The minimum Gasteiger partial charge on any atom is -0.370 e. The van der Waals surface area contributed by atoms with Crippen molar-refractivity contribution in [3.05, 3.63) is 0 Å². The Morgan fingerprint density at radius 3 is 2.43 bits per heavy atom. The average Bonchev–Trinajstić information content (AvgIpc) is 1.74. The SMILES string of the molecule is CC(C)(CC(N)=O)NC(=O)C1CNC1. The summed E-state index contributed by atoms with van der Waals surface area (Å²) in [6.45, 7) is 5.03. The zero-order valence-electron chi connectivity index (χ0n) is 8.59. The van der Waals surface area contributed by atoms with Crippen LogP contribution in [0.2, 0.25) is 0 Å². The lowest BCUT2D eigenvalue weighted by Gasteiger charge is -2.31. The van der Waals surface area contributed by atoms with Crippen LogP contribution in [0.5, 0.6) is 0 Å². The fourth-order valence-electron chi connectivity index (χ4n) is 1.39. The molecule has 1 rings (SSSR count).